The maximum absolute atomic E-state index is 13.3. The van der Waals surface area contributed by atoms with Crippen LogP contribution >= 0.6 is 11.6 Å². The van der Waals surface area contributed by atoms with Gasteiger partial charge in [-0.05, 0) is 18.2 Å². The molecule has 2 rings (SSSR count). The lowest BCUT2D eigenvalue weighted by Crippen LogP contribution is -2.31. The SMILES string of the molecule is C=C(CCNC(=O)COc1ccc(Cl)c(F)c1)NC(=O)c1cc(OC)ccn1. The second-order valence-electron chi connectivity index (χ2n) is 5.60. The molecule has 0 fully saturated rings. The fourth-order valence-electron chi connectivity index (χ4n) is 2.07. The van der Waals surface area contributed by atoms with E-state index in [0.717, 1.165) is 6.07 Å². The van der Waals surface area contributed by atoms with E-state index in [1.54, 1.807) is 6.07 Å². The standard InChI is InChI=1S/C19H19ClFN3O4/c1-12(24-19(26)17-10-13(27-2)6-8-22-17)5-7-23-18(25)11-28-14-3-4-15(20)16(21)9-14/h3-4,6,8-10H,1,5,7,11H2,2H3,(H,23,25)(H,24,26). The predicted octanol–water partition coefficient (Wildman–Crippen LogP) is 2.71. The highest BCUT2D eigenvalue weighted by molar-refractivity contribution is 6.30. The van der Waals surface area contributed by atoms with Crippen LogP contribution in [0.25, 0.3) is 0 Å². The molecule has 0 aliphatic heterocycles. The summed E-state index contributed by atoms with van der Waals surface area (Å²) < 4.78 is 23.5. The molecule has 0 atom stereocenters. The van der Waals surface area contributed by atoms with Gasteiger partial charge in [-0.15, -0.1) is 0 Å². The molecule has 9 heteroatoms. The van der Waals surface area contributed by atoms with E-state index in [1.165, 1.54) is 31.5 Å². The molecular formula is C19H19ClFN3O4. The molecule has 1 heterocycles. The fourth-order valence-corrected chi connectivity index (χ4v) is 2.19. The molecule has 0 saturated carbocycles. The Labute approximate surface area is 166 Å². The van der Waals surface area contributed by atoms with Crippen LogP contribution in [-0.2, 0) is 4.79 Å². The average molecular weight is 408 g/mol. The molecular weight excluding hydrogens is 389 g/mol. The molecule has 7 nitrogen and oxygen atoms in total. The molecule has 0 saturated heterocycles. The number of halogens is 2. The van der Waals surface area contributed by atoms with Gasteiger partial charge in [0.05, 0.1) is 12.1 Å². The van der Waals surface area contributed by atoms with Gasteiger partial charge in [0.2, 0.25) is 0 Å². The Morgan fingerprint density at radius 1 is 1.25 bits per heavy atom. The third kappa shape index (κ3) is 6.55. The van der Waals surface area contributed by atoms with E-state index in [0.29, 0.717) is 17.9 Å². The molecule has 28 heavy (non-hydrogen) atoms. The van der Waals surface area contributed by atoms with E-state index < -0.39 is 17.6 Å². The normalized spacial score (nSPS) is 10.1. The minimum absolute atomic E-state index is 0.0264. The van der Waals surface area contributed by atoms with Crippen LogP contribution in [0.4, 0.5) is 4.39 Å². The summed E-state index contributed by atoms with van der Waals surface area (Å²) in [6, 6.07) is 7.03. The molecule has 0 bridgehead atoms. The number of aromatic nitrogens is 1. The Balaban J connectivity index is 1.70. The number of benzene rings is 1. The van der Waals surface area contributed by atoms with Crippen molar-refractivity contribution in [1.29, 1.82) is 0 Å². The van der Waals surface area contributed by atoms with Gasteiger partial charge in [0.25, 0.3) is 11.8 Å². The topological polar surface area (TPSA) is 89.6 Å². The van der Waals surface area contributed by atoms with Gasteiger partial charge >= 0.3 is 0 Å². The van der Waals surface area contributed by atoms with Crippen LogP contribution in [0.3, 0.4) is 0 Å². The number of hydrogen-bond acceptors (Lipinski definition) is 5. The van der Waals surface area contributed by atoms with Crippen molar-refractivity contribution in [3.8, 4) is 11.5 Å². The zero-order valence-electron chi connectivity index (χ0n) is 15.1. The van der Waals surface area contributed by atoms with Gasteiger partial charge in [0.15, 0.2) is 6.61 Å². The molecule has 0 radical (unpaired) electrons. The summed E-state index contributed by atoms with van der Waals surface area (Å²) in [6.45, 7) is 3.70. The van der Waals surface area contributed by atoms with Gasteiger partial charge in [-0.3, -0.25) is 14.6 Å². The van der Waals surface area contributed by atoms with Crippen LogP contribution in [-0.4, -0.2) is 37.1 Å². The first-order valence-corrected chi connectivity index (χ1v) is 8.60. The highest BCUT2D eigenvalue weighted by atomic mass is 35.5. The van der Waals surface area contributed by atoms with Crippen molar-refractivity contribution < 1.29 is 23.5 Å². The Morgan fingerprint density at radius 2 is 2.04 bits per heavy atom. The summed E-state index contributed by atoms with van der Waals surface area (Å²) >= 11 is 5.57. The third-order valence-corrected chi connectivity index (χ3v) is 3.81. The van der Waals surface area contributed by atoms with E-state index >= 15 is 0 Å². The van der Waals surface area contributed by atoms with Crippen molar-refractivity contribution in [3.63, 3.8) is 0 Å². The molecule has 2 N–H and O–H groups in total. The molecule has 2 amide bonds. The number of nitrogens with zero attached hydrogens (tertiary/aromatic N) is 1. The number of rotatable bonds is 9. The largest absolute Gasteiger partial charge is 0.497 e. The summed E-state index contributed by atoms with van der Waals surface area (Å²) in [7, 11) is 1.49. The number of amides is 2. The number of carbonyl (C=O) groups excluding carboxylic acids is 2. The van der Waals surface area contributed by atoms with Gasteiger partial charge in [0, 0.05) is 37.0 Å². The predicted molar refractivity (Wildman–Crippen MR) is 102 cm³/mol. The van der Waals surface area contributed by atoms with Crippen LogP contribution in [0, 0.1) is 5.82 Å². The lowest BCUT2D eigenvalue weighted by molar-refractivity contribution is -0.123. The Bertz CT molecular complexity index is 876. The second kappa shape index (κ2) is 10.3. The van der Waals surface area contributed by atoms with E-state index in [2.05, 4.69) is 22.2 Å². The van der Waals surface area contributed by atoms with Crippen LogP contribution in [0.2, 0.25) is 5.02 Å². The molecule has 0 aliphatic rings. The van der Waals surface area contributed by atoms with Crippen molar-refractivity contribution in [2.75, 3.05) is 20.3 Å². The van der Waals surface area contributed by atoms with Crippen LogP contribution in [0.1, 0.15) is 16.9 Å². The molecule has 1 aromatic heterocycles. The first-order chi connectivity index (χ1) is 13.4. The van der Waals surface area contributed by atoms with Crippen LogP contribution in [0.5, 0.6) is 11.5 Å². The summed E-state index contributed by atoms with van der Waals surface area (Å²) in [5.41, 5.74) is 0.601. The molecule has 0 aliphatic carbocycles. The van der Waals surface area contributed by atoms with Gasteiger partial charge in [-0.25, -0.2) is 4.39 Å². The number of ether oxygens (including phenoxy) is 2. The lowest BCUT2D eigenvalue weighted by atomic mass is 10.3. The summed E-state index contributed by atoms with van der Waals surface area (Å²) in [6.07, 6.45) is 1.78. The summed E-state index contributed by atoms with van der Waals surface area (Å²) in [4.78, 5) is 27.8. The number of hydrogen-bond donors (Lipinski definition) is 2. The minimum atomic E-state index is -0.628. The molecule has 0 unspecified atom stereocenters. The first-order valence-electron chi connectivity index (χ1n) is 8.22. The van der Waals surface area contributed by atoms with Crippen molar-refractivity contribution in [2.24, 2.45) is 0 Å². The average Bonchev–Trinajstić information content (AvgIpc) is 2.68. The zero-order chi connectivity index (χ0) is 20.5. The number of nitrogens with one attached hydrogen (secondary N) is 2. The van der Waals surface area contributed by atoms with Crippen molar-refractivity contribution >= 4 is 23.4 Å². The highest BCUT2D eigenvalue weighted by Crippen LogP contribution is 2.20. The van der Waals surface area contributed by atoms with Gasteiger partial charge in [-0.1, -0.05) is 18.2 Å². The zero-order valence-corrected chi connectivity index (χ0v) is 15.9. The Morgan fingerprint density at radius 3 is 2.75 bits per heavy atom. The molecule has 1 aromatic carbocycles. The van der Waals surface area contributed by atoms with Crippen molar-refractivity contribution in [2.45, 2.75) is 6.42 Å². The Hall–Kier alpha value is -3.13. The van der Waals surface area contributed by atoms with Crippen molar-refractivity contribution in [3.05, 3.63) is 65.3 Å². The maximum atomic E-state index is 13.3. The van der Waals surface area contributed by atoms with Crippen LogP contribution < -0.4 is 20.1 Å². The van der Waals surface area contributed by atoms with E-state index in [9.17, 15) is 14.0 Å². The molecule has 148 valence electrons. The summed E-state index contributed by atoms with van der Waals surface area (Å²) in [5, 5.41) is 5.19. The number of pyridine rings is 1. The van der Waals surface area contributed by atoms with E-state index in [1.807, 2.05) is 0 Å². The molecule has 0 spiro atoms. The number of carbonyl (C=O) groups is 2. The van der Waals surface area contributed by atoms with Crippen LogP contribution in [0.15, 0.2) is 48.8 Å². The van der Waals surface area contributed by atoms with Gasteiger partial charge < -0.3 is 20.1 Å². The maximum Gasteiger partial charge on any atom is 0.274 e. The lowest BCUT2D eigenvalue weighted by Gasteiger charge is -2.10. The first kappa shape index (κ1) is 21.2. The third-order valence-electron chi connectivity index (χ3n) is 3.50. The Kier molecular flexibility index (Phi) is 7.76. The monoisotopic (exact) mass is 407 g/mol. The fraction of sp³-hybridized carbons (Fsp3) is 0.211. The minimum Gasteiger partial charge on any atom is -0.497 e. The second-order valence-corrected chi connectivity index (χ2v) is 6.01. The summed E-state index contributed by atoms with van der Waals surface area (Å²) in [5.74, 6) is -0.748. The smallest absolute Gasteiger partial charge is 0.274 e. The molecule has 2 aromatic rings. The van der Waals surface area contributed by atoms with Crippen molar-refractivity contribution in [1.82, 2.24) is 15.6 Å². The highest BCUT2D eigenvalue weighted by Gasteiger charge is 2.10. The van der Waals surface area contributed by atoms with Gasteiger partial charge in [0.1, 0.15) is 23.0 Å². The van der Waals surface area contributed by atoms with E-state index in [-0.39, 0.29) is 29.6 Å². The van der Waals surface area contributed by atoms with Gasteiger partial charge in [-0.2, -0.15) is 0 Å². The number of methoxy groups -OCH3 is 1. The van der Waals surface area contributed by atoms with E-state index in [4.69, 9.17) is 21.1 Å². The quantitative estimate of drug-likeness (QED) is 0.667.